The second-order valence-corrected chi connectivity index (χ2v) is 7.51. The van der Waals surface area contributed by atoms with Crippen molar-refractivity contribution in [3.8, 4) is 0 Å². The summed E-state index contributed by atoms with van der Waals surface area (Å²) in [4.78, 5) is 24.8. The smallest absolute Gasteiger partial charge is 0.258 e. The Kier molecular flexibility index (Phi) is 4.51. The minimum atomic E-state index is -1.47. The number of nitrogens with one attached hydrogen (secondary N) is 2. The van der Waals surface area contributed by atoms with Crippen LogP contribution in [0.4, 0.5) is 10.3 Å². The van der Waals surface area contributed by atoms with E-state index in [1.807, 2.05) is 6.92 Å². The molecule has 4 rings (SSSR count). The van der Waals surface area contributed by atoms with Gasteiger partial charge in [-0.05, 0) is 18.3 Å². The van der Waals surface area contributed by atoms with Gasteiger partial charge in [0.25, 0.3) is 5.91 Å². The average molecular weight is 369 g/mol. The Morgan fingerprint density at radius 3 is 2.48 bits per heavy atom. The highest BCUT2D eigenvalue weighted by Crippen LogP contribution is 2.33. The first-order valence-electron chi connectivity index (χ1n) is 8.72. The van der Waals surface area contributed by atoms with Crippen LogP contribution in [-0.4, -0.2) is 65.5 Å². The standard InChI is InChI=1S/C16H22ClFN6O/c1-2-12-13(18)14(25)22-16(21-12)24-7-9-5-23(6-10(9)8-24)15-19-3-11(17)4-20-15/h3-4,9-10,12-13,16,21H,2,5-8H2,1H3,(H,22,25). The molecule has 2 N–H and O–H groups in total. The van der Waals surface area contributed by atoms with Crippen LogP contribution >= 0.6 is 11.6 Å². The molecule has 136 valence electrons. The van der Waals surface area contributed by atoms with Gasteiger partial charge in [0.15, 0.2) is 6.17 Å². The number of carbonyl (C=O) groups excluding carboxylic acids is 1. The number of amides is 1. The van der Waals surface area contributed by atoms with Crippen LogP contribution in [0.25, 0.3) is 0 Å². The molecular weight excluding hydrogens is 347 g/mol. The van der Waals surface area contributed by atoms with Crippen molar-refractivity contribution in [2.24, 2.45) is 11.8 Å². The molecule has 0 aliphatic carbocycles. The van der Waals surface area contributed by atoms with Crippen molar-refractivity contribution in [3.63, 3.8) is 0 Å². The Hall–Kier alpha value is -1.51. The molecule has 3 aliphatic heterocycles. The zero-order chi connectivity index (χ0) is 17.6. The van der Waals surface area contributed by atoms with Crippen LogP contribution in [0.2, 0.25) is 5.02 Å². The predicted octanol–water partition coefficient (Wildman–Crippen LogP) is 0.618. The molecule has 9 heteroatoms. The third kappa shape index (κ3) is 3.18. The Labute approximate surface area is 150 Å². The maximum Gasteiger partial charge on any atom is 0.258 e. The number of alkyl halides is 1. The van der Waals surface area contributed by atoms with Gasteiger partial charge in [-0.2, -0.15) is 0 Å². The second kappa shape index (κ2) is 6.66. The maximum absolute atomic E-state index is 13.9. The molecule has 5 unspecified atom stereocenters. The summed E-state index contributed by atoms with van der Waals surface area (Å²) in [7, 11) is 0. The summed E-state index contributed by atoms with van der Waals surface area (Å²) < 4.78 is 13.9. The number of hydrogen-bond acceptors (Lipinski definition) is 6. The first kappa shape index (κ1) is 16.9. The zero-order valence-corrected chi connectivity index (χ0v) is 14.8. The molecule has 3 aliphatic rings. The summed E-state index contributed by atoms with van der Waals surface area (Å²) in [6, 6.07) is -0.418. The molecule has 25 heavy (non-hydrogen) atoms. The molecule has 0 bridgehead atoms. The van der Waals surface area contributed by atoms with Crippen molar-refractivity contribution in [2.75, 3.05) is 31.1 Å². The van der Waals surface area contributed by atoms with E-state index in [-0.39, 0.29) is 6.29 Å². The molecule has 0 aromatic carbocycles. The highest BCUT2D eigenvalue weighted by molar-refractivity contribution is 6.30. The number of carbonyl (C=O) groups is 1. The first-order chi connectivity index (χ1) is 12.0. The Bertz CT molecular complexity index is 632. The van der Waals surface area contributed by atoms with Gasteiger partial charge < -0.3 is 10.2 Å². The summed E-state index contributed by atoms with van der Waals surface area (Å²) in [5.41, 5.74) is 0. The molecular formula is C16H22ClFN6O. The summed E-state index contributed by atoms with van der Waals surface area (Å²) >= 11 is 5.85. The highest BCUT2D eigenvalue weighted by atomic mass is 35.5. The lowest BCUT2D eigenvalue weighted by Gasteiger charge is -2.38. The molecule has 0 saturated carbocycles. The van der Waals surface area contributed by atoms with Gasteiger partial charge in [-0.3, -0.25) is 15.0 Å². The van der Waals surface area contributed by atoms with Crippen molar-refractivity contribution in [1.82, 2.24) is 25.5 Å². The van der Waals surface area contributed by atoms with Gasteiger partial charge in [0.05, 0.1) is 23.5 Å². The van der Waals surface area contributed by atoms with Crippen molar-refractivity contribution in [3.05, 3.63) is 17.4 Å². The van der Waals surface area contributed by atoms with Gasteiger partial charge >= 0.3 is 0 Å². The number of halogens is 2. The van der Waals surface area contributed by atoms with Gasteiger partial charge in [0, 0.05) is 26.2 Å². The number of likely N-dealkylation sites (tertiary alicyclic amines) is 1. The lowest BCUT2D eigenvalue weighted by molar-refractivity contribution is -0.133. The van der Waals surface area contributed by atoms with Crippen molar-refractivity contribution in [2.45, 2.75) is 31.8 Å². The van der Waals surface area contributed by atoms with E-state index in [1.165, 1.54) is 0 Å². The number of aromatic nitrogens is 2. The lowest BCUT2D eigenvalue weighted by atomic mass is 10.0. The monoisotopic (exact) mass is 368 g/mol. The van der Waals surface area contributed by atoms with Gasteiger partial charge in [0.2, 0.25) is 5.95 Å². The third-order valence-corrected chi connectivity index (χ3v) is 5.66. The SMILES string of the molecule is CCC1NC(N2CC3CN(c4ncc(Cl)cn4)CC3C2)NC(=O)C1F. The van der Waals surface area contributed by atoms with Gasteiger partial charge in [-0.15, -0.1) is 0 Å². The van der Waals surface area contributed by atoms with E-state index in [9.17, 15) is 9.18 Å². The second-order valence-electron chi connectivity index (χ2n) is 7.07. The Balaban J connectivity index is 1.38. The molecule has 0 radical (unpaired) electrons. The van der Waals surface area contributed by atoms with E-state index < -0.39 is 18.1 Å². The number of hydrogen-bond donors (Lipinski definition) is 2. The van der Waals surface area contributed by atoms with E-state index in [1.54, 1.807) is 12.4 Å². The van der Waals surface area contributed by atoms with Crippen LogP contribution in [0.1, 0.15) is 13.3 Å². The van der Waals surface area contributed by atoms with Crippen molar-refractivity contribution < 1.29 is 9.18 Å². The Morgan fingerprint density at radius 1 is 1.24 bits per heavy atom. The normalized spacial score (nSPS) is 35.7. The minimum absolute atomic E-state index is 0.282. The quantitative estimate of drug-likeness (QED) is 0.814. The van der Waals surface area contributed by atoms with Crippen LogP contribution in [0.15, 0.2) is 12.4 Å². The number of rotatable bonds is 3. The minimum Gasteiger partial charge on any atom is -0.340 e. The molecule has 1 aromatic heterocycles. The number of anilines is 1. The molecule has 7 nitrogen and oxygen atoms in total. The summed E-state index contributed by atoms with van der Waals surface area (Å²) in [6.45, 7) is 5.38. The van der Waals surface area contributed by atoms with E-state index in [2.05, 4.69) is 30.4 Å². The van der Waals surface area contributed by atoms with E-state index in [4.69, 9.17) is 11.6 Å². The summed E-state index contributed by atoms with van der Waals surface area (Å²) in [6.07, 6.45) is 2.07. The van der Waals surface area contributed by atoms with Crippen molar-refractivity contribution >= 4 is 23.5 Å². The first-order valence-corrected chi connectivity index (χ1v) is 9.10. The molecule has 4 heterocycles. The fourth-order valence-electron chi connectivity index (χ4n) is 4.12. The third-order valence-electron chi connectivity index (χ3n) is 5.46. The fourth-order valence-corrected chi connectivity index (χ4v) is 4.22. The number of fused-ring (bicyclic) bond motifs is 1. The average Bonchev–Trinajstić information content (AvgIpc) is 3.17. The maximum atomic E-state index is 13.9. The molecule has 5 atom stereocenters. The fraction of sp³-hybridized carbons (Fsp3) is 0.688. The molecule has 3 fully saturated rings. The summed E-state index contributed by atoms with van der Waals surface area (Å²) in [5.74, 6) is 1.17. The zero-order valence-electron chi connectivity index (χ0n) is 14.0. The summed E-state index contributed by atoms with van der Waals surface area (Å²) in [5, 5.41) is 6.52. The number of nitrogens with zero attached hydrogens (tertiary/aromatic N) is 4. The van der Waals surface area contributed by atoms with Gasteiger partial charge in [-0.25, -0.2) is 14.4 Å². The van der Waals surface area contributed by atoms with Crippen LogP contribution in [0.3, 0.4) is 0 Å². The van der Waals surface area contributed by atoms with Gasteiger partial charge in [0.1, 0.15) is 6.29 Å². The topological polar surface area (TPSA) is 73.4 Å². The molecule has 3 saturated heterocycles. The van der Waals surface area contributed by atoms with Crippen LogP contribution < -0.4 is 15.5 Å². The van der Waals surface area contributed by atoms with E-state index >= 15 is 0 Å². The Morgan fingerprint density at radius 2 is 1.88 bits per heavy atom. The van der Waals surface area contributed by atoms with Gasteiger partial charge in [-0.1, -0.05) is 18.5 Å². The molecule has 0 spiro atoms. The van der Waals surface area contributed by atoms with Crippen LogP contribution in [0.5, 0.6) is 0 Å². The van der Waals surface area contributed by atoms with Crippen LogP contribution in [0, 0.1) is 11.8 Å². The van der Waals surface area contributed by atoms with E-state index in [0.717, 1.165) is 26.2 Å². The lowest BCUT2D eigenvalue weighted by Crippen LogP contribution is -2.67. The highest BCUT2D eigenvalue weighted by Gasteiger charge is 2.45. The van der Waals surface area contributed by atoms with Crippen LogP contribution in [-0.2, 0) is 4.79 Å². The molecule has 1 aromatic rings. The predicted molar refractivity (Wildman–Crippen MR) is 91.8 cm³/mol. The molecule has 1 amide bonds. The largest absolute Gasteiger partial charge is 0.340 e. The van der Waals surface area contributed by atoms with Crippen molar-refractivity contribution in [1.29, 1.82) is 0 Å². The van der Waals surface area contributed by atoms with E-state index in [0.29, 0.717) is 29.2 Å².